The standard InChI is InChI=1S/C11H16N2O5S/c1-17-11(3-5-18-8-11)7-13-19(15,16)10-6-12-4-2-9(10)14/h2,4,6,13H,3,5,7-8H2,1H3,(H,12,14). The first kappa shape index (κ1) is 14.2. The zero-order chi connectivity index (χ0) is 13.9. The van der Waals surface area contributed by atoms with E-state index >= 15 is 0 Å². The molecule has 0 radical (unpaired) electrons. The van der Waals surface area contributed by atoms with Gasteiger partial charge >= 0.3 is 0 Å². The molecule has 7 nitrogen and oxygen atoms in total. The van der Waals surface area contributed by atoms with Crippen LogP contribution in [0.4, 0.5) is 0 Å². The maximum atomic E-state index is 12.0. The number of methoxy groups -OCH3 is 1. The topological polar surface area (TPSA) is 97.5 Å². The summed E-state index contributed by atoms with van der Waals surface area (Å²) in [7, 11) is -2.34. The zero-order valence-electron chi connectivity index (χ0n) is 10.5. The first-order valence-corrected chi connectivity index (χ1v) is 7.27. The molecule has 2 rings (SSSR count). The highest BCUT2D eigenvalue weighted by molar-refractivity contribution is 7.89. The Morgan fingerprint density at radius 3 is 2.95 bits per heavy atom. The van der Waals surface area contributed by atoms with Crippen LogP contribution in [0.3, 0.4) is 0 Å². The summed E-state index contributed by atoms with van der Waals surface area (Å²) in [5, 5.41) is 0. The van der Waals surface area contributed by atoms with Crippen LogP contribution in [0.15, 0.2) is 28.2 Å². The van der Waals surface area contributed by atoms with Gasteiger partial charge in [-0.05, 0) is 0 Å². The van der Waals surface area contributed by atoms with Gasteiger partial charge in [-0.1, -0.05) is 0 Å². The Morgan fingerprint density at radius 1 is 1.58 bits per heavy atom. The van der Waals surface area contributed by atoms with Gasteiger partial charge in [-0.2, -0.15) is 0 Å². The van der Waals surface area contributed by atoms with Gasteiger partial charge in [-0.3, -0.25) is 4.79 Å². The van der Waals surface area contributed by atoms with Crippen LogP contribution in [-0.4, -0.2) is 45.9 Å². The monoisotopic (exact) mass is 288 g/mol. The first-order valence-electron chi connectivity index (χ1n) is 5.79. The van der Waals surface area contributed by atoms with Crippen molar-refractivity contribution in [2.75, 3.05) is 26.9 Å². The van der Waals surface area contributed by atoms with E-state index in [1.165, 1.54) is 19.4 Å². The van der Waals surface area contributed by atoms with E-state index in [0.29, 0.717) is 19.6 Å². The van der Waals surface area contributed by atoms with Crippen molar-refractivity contribution in [3.63, 3.8) is 0 Å². The molecular formula is C11H16N2O5S. The number of pyridine rings is 1. The van der Waals surface area contributed by atoms with Crippen LogP contribution in [0, 0.1) is 0 Å². The molecule has 1 fully saturated rings. The lowest BCUT2D eigenvalue weighted by Gasteiger charge is -2.25. The highest BCUT2D eigenvalue weighted by Gasteiger charge is 2.36. The molecule has 1 aliphatic heterocycles. The molecule has 0 amide bonds. The molecule has 1 saturated heterocycles. The Morgan fingerprint density at radius 2 is 2.37 bits per heavy atom. The number of hydrogen-bond acceptors (Lipinski definition) is 5. The van der Waals surface area contributed by atoms with Crippen LogP contribution in [-0.2, 0) is 19.5 Å². The molecule has 19 heavy (non-hydrogen) atoms. The van der Waals surface area contributed by atoms with E-state index in [1.807, 2.05) is 0 Å². The molecule has 2 heterocycles. The van der Waals surface area contributed by atoms with E-state index in [2.05, 4.69) is 9.71 Å². The molecular weight excluding hydrogens is 272 g/mol. The molecule has 0 bridgehead atoms. The second-order valence-electron chi connectivity index (χ2n) is 4.39. The third-order valence-corrected chi connectivity index (χ3v) is 4.58. The molecule has 1 atom stereocenters. The second-order valence-corrected chi connectivity index (χ2v) is 6.12. The smallest absolute Gasteiger partial charge is 0.246 e. The maximum Gasteiger partial charge on any atom is 0.246 e. The number of aromatic amines is 1. The van der Waals surface area contributed by atoms with Crippen molar-refractivity contribution >= 4 is 10.0 Å². The second kappa shape index (κ2) is 5.41. The van der Waals surface area contributed by atoms with Crippen molar-refractivity contribution in [2.45, 2.75) is 16.9 Å². The van der Waals surface area contributed by atoms with Gasteiger partial charge in [0, 0.05) is 45.1 Å². The Hall–Kier alpha value is -1.22. The molecule has 2 N–H and O–H groups in total. The summed E-state index contributed by atoms with van der Waals surface area (Å²) in [5.41, 5.74) is -1.21. The minimum Gasteiger partial charge on any atom is -0.378 e. The molecule has 0 aromatic carbocycles. The van der Waals surface area contributed by atoms with E-state index in [4.69, 9.17) is 9.47 Å². The average molecular weight is 288 g/mol. The Kier molecular flexibility index (Phi) is 4.04. The number of aromatic nitrogens is 1. The highest BCUT2D eigenvalue weighted by atomic mass is 32.2. The third kappa shape index (κ3) is 3.03. The van der Waals surface area contributed by atoms with Crippen LogP contribution in [0.1, 0.15) is 6.42 Å². The Balaban J connectivity index is 2.15. The van der Waals surface area contributed by atoms with E-state index in [9.17, 15) is 13.2 Å². The quantitative estimate of drug-likeness (QED) is 0.758. The predicted octanol–water partition coefficient (Wildman–Crippen LogP) is -0.541. The van der Waals surface area contributed by atoms with Gasteiger partial charge in [-0.15, -0.1) is 0 Å². The molecule has 0 saturated carbocycles. The van der Waals surface area contributed by atoms with Crippen molar-refractivity contribution in [3.05, 3.63) is 28.7 Å². The van der Waals surface area contributed by atoms with Gasteiger partial charge in [0.15, 0.2) is 0 Å². The predicted molar refractivity (Wildman–Crippen MR) is 67.4 cm³/mol. The first-order chi connectivity index (χ1) is 8.99. The Labute approximate surface area is 111 Å². The summed E-state index contributed by atoms with van der Waals surface area (Å²) in [4.78, 5) is 13.8. The van der Waals surface area contributed by atoms with Crippen molar-refractivity contribution in [2.24, 2.45) is 0 Å². The van der Waals surface area contributed by atoms with Crippen molar-refractivity contribution in [1.29, 1.82) is 0 Å². The summed E-state index contributed by atoms with van der Waals surface area (Å²) in [6.45, 7) is 0.929. The van der Waals surface area contributed by atoms with Crippen LogP contribution in [0.5, 0.6) is 0 Å². The van der Waals surface area contributed by atoms with E-state index in [0.717, 1.165) is 6.20 Å². The normalized spacial score (nSPS) is 23.6. The molecule has 1 aliphatic rings. The van der Waals surface area contributed by atoms with Gasteiger partial charge in [0.2, 0.25) is 15.5 Å². The molecule has 1 aromatic heterocycles. The van der Waals surface area contributed by atoms with E-state index in [-0.39, 0.29) is 11.4 Å². The maximum absolute atomic E-state index is 12.0. The van der Waals surface area contributed by atoms with Crippen molar-refractivity contribution in [1.82, 2.24) is 9.71 Å². The van der Waals surface area contributed by atoms with Crippen LogP contribution < -0.4 is 10.2 Å². The summed E-state index contributed by atoms with van der Waals surface area (Å²) in [5.74, 6) is 0. The zero-order valence-corrected chi connectivity index (χ0v) is 11.3. The van der Waals surface area contributed by atoms with Crippen LogP contribution in [0.25, 0.3) is 0 Å². The van der Waals surface area contributed by atoms with E-state index < -0.39 is 21.1 Å². The molecule has 1 unspecified atom stereocenters. The number of H-pyrrole nitrogens is 1. The average Bonchev–Trinajstić information content (AvgIpc) is 2.86. The number of nitrogens with one attached hydrogen (secondary N) is 2. The number of hydrogen-bond donors (Lipinski definition) is 2. The number of rotatable bonds is 5. The molecule has 106 valence electrons. The minimum absolute atomic E-state index is 0.0696. The molecule has 0 aliphatic carbocycles. The summed E-state index contributed by atoms with van der Waals surface area (Å²) >= 11 is 0. The van der Waals surface area contributed by atoms with Crippen LogP contribution in [0.2, 0.25) is 0 Å². The van der Waals surface area contributed by atoms with Gasteiger partial charge in [0.25, 0.3) is 0 Å². The summed E-state index contributed by atoms with van der Waals surface area (Å²) < 4.78 is 37.0. The number of ether oxygens (including phenoxy) is 2. The fraction of sp³-hybridized carbons (Fsp3) is 0.545. The summed E-state index contributed by atoms with van der Waals surface area (Å²) in [6, 6.07) is 1.17. The van der Waals surface area contributed by atoms with Gasteiger partial charge < -0.3 is 14.5 Å². The fourth-order valence-electron chi connectivity index (χ4n) is 1.88. The minimum atomic E-state index is -3.86. The lowest BCUT2D eigenvalue weighted by molar-refractivity contribution is -0.0120. The third-order valence-electron chi connectivity index (χ3n) is 3.16. The van der Waals surface area contributed by atoms with Crippen molar-refractivity contribution < 1.29 is 17.9 Å². The lowest BCUT2D eigenvalue weighted by atomic mass is 10.0. The molecule has 0 spiro atoms. The SMILES string of the molecule is COC1(CNS(=O)(=O)c2c[nH]ccc2=O)CCOC1. The Bertz CT molecular complexity index is 589. The van der Waals surface area contributed by atoms with Crippen LogP contribution >= 0.6 is 0 Å². The highest BCUT2D eigenvalue weighted by Crippen LogP contribution is 2.22. The fourth-order valence-corrected chi connectivity index (χ4v) is 3.04. The summed E-state index contributed by atoms with van der Waals surface area (Å²) in [6.07, 6.45) is 3.15. The molecule has 8 heteroatoms. The largest absolute Gasteiger partial charge is 0.378 e. The number of sulfonamides is 1. The van der Waals surface area contributed by atoms with Gasteiger partial charge in [-0.25, -0.2) is 13.1 Å². The van der Waals surface area contributed by atoms with Crippen molar-refractivity contribution in [3.8, 4) is 0 Å². The lowest BCUT2D eigenvalue weighted by Crippen LogP contribution is -2.45. The molecule has 1 aromatic rings. The van der Waals surface area contributed by atoms with Gasteiger partial charge in [0.1, 0.15) is 10.5 Å². The van der Waals surface area contributed by atoms with E-state index in [1.54, 1.807) is 0 Å². The van der Waals surface area contributed by atoms with Gasteiger partial charge in [0.05, 0.1) is 6.61 Å².